The van der Waals surface area contributed by atoms with Crippen molar-refractivity contribution in [2.24, 2.45) is 0 Å². The molecule has 4 nitrogen and oxygen atoms in total. The highest BCUT2D eigenvalue weighted by molar-refractivity contribution is 6.18. The highest BCUT2D eigenvalue weighted by Gasteiger charge is 2.21. The molecule has 1 atom stereocenters. The molecule has 0 radical (unpaired) electrons. The van der Waals surface area contributed by atoms with E-state index in [4.69, 9.17) is 16.3 Å². The number of anilines is 1. The standard InChI is InChI=1S/C13H20ClN3O/c1-9(2)13-15-10(3)6-12(16-13)17-4-5-18-11(7-14)8-17/h6,9,11H,4-5,7-8H2,1-3H3. The highest BCUT2D eigenvalue weighted by atomic mass is 35.5. The van der Waals surface area contributed by atoms with Crippen molar-refractivity contribution >= 4 is 17.4 Å². The molecule has 0 aliphatic carbocycles. The van der Waals surface area contributed by atoms with Crippen LogP contribution < -0.4 is 4.90 Å². The Balaban J connectivity index is 2.21. The Labute approximate surface area is 113 Å². The smallest absolute Gasteiger partial charge is 0.133 e. The van der Waals surface area contributed by atoms with Crippen LogP contribution in [0.25, 0.3) is 0 Å². The molecule has 1 saturated heterocycles. The van der Waals surface area contributed by atoms with Gasteiger partial charge in [0.2, 0.25) is 0 Å². The molecular formula is C13H20ClN3O. The topological polar surface area (TPSA) is 38.2 Å². The average Bonchev–Trinajstić information content (AvgIpc) is 2.38. The number of alkyl halides is 1. The fourth-order valence-corrected chi connectivity index (χ4v) is 2.20. The lowest BCUT2D eigenvalue weighted by molar-refractivity contribution is 0.0551. The summed E-state index contributed by atoms with van der Waals surface area (Å²) in [5.74, 6) is 2.76. The van der Waals surface area contributed by atoms with Gasteiger partial charge in [-0.15, -0.1) is 11.6 Å². The van der Waals surface area contributed by atoms with Crippen LogP contribution in [0.15, 0.2) is 6.07 Å². The quantitative estimate of drug-likeness (QED) is 0.790. The first kappa shape index (κ1) is 13.6. The lowest BCUT2D eigenvalue weighted by Crippen LogP contribution is -2.43. The summed E-state index contributed by atoms with van der Waals surface area (Å²) in [6.07, 6.45) is 0.0955. The molecule has 2 rings (SSSR count). The SMILES string of the molecule is Cc1cc(N2CCOC(CCl)C2)nc(C(C)C)n1. The molecule has 1 aromatic rings. The van der Waals surface area contributed by atoms with Crippen LogP contribution in [-0.2, 0) is 4.74 Å². The molecule has 0 amide bonds. The predicted octanol–water partition coefficient (Wildman–Crippen LogP) is 2.35. The molecule has 5 heteroatoms. The minimum atomic E-state index is 0.0955. The summed E-state index contributed by atoms with van der Waals surface area (Å²) in [6, 6.07) is 2.03. The van der Waals surface area contributed by atoms with Crippen molar-refractivity contribution in [1.29, 1.82) is 0 Å². The maximum atomic E-state index is 5.86. The zero-order valence-corrected chi connectivity index (χ0v) is 11.9. The van der Waals surface area contributed by atoms with Gasteiger partial charge in [0, 0.05) is 30.8 Å². The van der Waals surface area contributed by atoms with Gasteiger partial charge in [0.25, 0.3) is 0 Å². The van der Waals surface area contributed by atoms with Crippen molar-refractivity contribution in [2.75, 3.05) is 30.5 Å². The number of aryl methyl sites for hydroxylation is 1. The monoisotopic (exact) mass is 269 g/mol. The van der Waals surface area contributed by atoms with Gasteiger partial charge < -0.3 is 9.64 Å². The predicted molar refractivity (Wildman–Crippen MR) is 73.5 cm³/mol. The molecule has 1 aliphatic heterocycles. The molecule has 0 spiro atoms. The molecular weight excluding hydrogens is 250 g/mol. The average molecular weight is 270 g/mol. The lowest BCUT2D eigenvalue weighted by Gasteiger charge is -2.33. The lowest BCUT2D eigenvalue weighted by atomic mass is 10.2. The Morgan fingerprint density at radius 3 is 2.94 bits per heavy atom. The molecule has 1 aliphatic rings. The van der Waals surface area contributed by atoms with E-state index in [1.807, 2.05) is 13.0 Å². The Morgan fingerprint density at radius 1 is 1.50 bits per heavy atom. The Hall–Kier alpha value is -0.870. The van der Waals surface area contributed by atoms with Crippen molar-refractivity contribution in [1.82, 2.24) is 9.97 Å². The molecule has 1 fully saturated rings. The van der Waals surface area contributed by atoms with Crippen molar-refractivity contribution in [3.8, 4) is 0 Å². The molecule has 1 unspecified atom stereocenters. The zero-order valence-electron chi connectivity index (χ0n) is 11.2. The molecule has 2 heterocycles. The molecule has 1 aromatic heterocycles. The second-order valence-corrected chi connectivity index (χ2v) is 5.28. The number of halogens is 1. The number of ether oxygens (including phenoxy) is 1. The van der Waals surface area contributed by atoms with Crippen LogP contribution >= 0.6 is 11.6 Å². The van der Waals surface area contributed by atoms with E-state index in [-0.39, 0.29) is 6.10 Å². The molecule has 0 bridgehead atoms. The summed E-state index contributed by atoms with van der Waals surface area (Å²) in [5.41, 5.74) is 1.01. The third-order valence-corrected chi connectivity index (χ3v) is 3.35. The second-order valence-electron chi connectivity index (χ2n) is 4.97. The Kier molecular flexibility index (Phi) is 4.40. The number of hydrogen-bond acceptors (Lipinski definition) is 4. The molecule has 18 heavy (non-hydrogen) atoms. The number of hydrogen-bond donors (Lipinski definition) is 0. The number of rotatable bonds is 3. The first-order valence-electron chi connectivity index (χ1n) is 6.38. The van der Waals surface area contributed by atoms with E-state index in [0.29, 0.717) is 18.4 Å². The molecule has 0 N–H and O–H groups in total. The Morgan fingerprint density at radius 2 is 2.28 bits per heavy atom. The largest absolute Gasteiger partial charge is 0.373 e. The van der Waals surface area contributed by atoms with Gasteiger partial charge in [-0.25, -0.2) is 9.97 Å². The van der Waals surface area contributed by atoms with Gasteiger partial charge in [0.05, 0.1) is 18.6 Å². The highest BCUT2D eigenvalue weighted by Crippen LogP contribution is 2.19. The molecule has 0 aromatic carbocycles. The van der Waals surface area contributed by atoms with E-state index < -0.39 is 0 Å². The molecule has 100 valence electrons. The van der Waals surface area contributed by atoms with E-state index in [1.54, 1.807) is 0 Å². The summed E-state index contributed by atoms with van der Waals surface area (Å²) in [7, 11) is 0. The van der Waals surface area contributed by atoms with Crippen molar-refractivity contribution in [3.63, 3.8) is 0 Å². The van der Waals surface area contributed by atoms with Crippen LogP contribution in [0.5, 0.6) is 0 Å². The maximum Gasteiger partial charge on any atom is 0.133 e. The van der Waals surface area contributed by atoms with Crippen LogP contribution in [-0.4, -0.2) is 41.6 Å². The van der Waals surface area contributed by atoms with Gasteiger partial charge in [0.1, 0.15) is 11.6 Å². The number of aromatic nitrogens is 2. The van der Waals surface area contributed by atoms with Crippen molar-refractivity contribution in [3.05, 3.63) is 17.6 Å². The minimum Gasteiger partial charge on any atom is -0.373 e. The third-order valence-electron chi connectivity index (χ3n) is 3.01. The van der Waals surface area contributed by atoms with Gasteiger partial charge in [-0.1, -0.05) is 13.8 Å². The van der Waals surface area contributed by atoms with E-state index in [1.165, 1.54) is 0 Å². The first-order valence-corrected chi connectivity index (χ1v) is 6.91. The summed E-state index contributed by atoms with van der Waals surface area (Å²) < 4.78 is 5.57. The van der Waals surface area contributed by atoms with Crippen LogP contribution in [0.2, 0.25) is 0 Å². The van der Waals surface area contributed by atoms with Crippen LogP contribution in [0.4, 0.5) is 5.82 Å². The van der Waals surface area contributed by atoms with E-state index in [9.17, 15) is 0 Å². The summed E-state index contributed by atoms with van der Waals surface area (Å²) in [6.45, 7) is 8.60. The number of morpholine rings is 1. The Bertz CT molecular complexity index is 411. The van der Waals surface area contributed by atoms with E-state index in [2.05, 4.69) is 28.7 Å². The van der Waals surface area contributed by atoms with Crippen molar-refractivity contribution < 1.29 is 4.74 Å². The van der Waals surface area contributed by atoms with Gasteiger partial charge in [0.15, 0.2) is 0 Å². The van der Waals surface area contributed by atoms with Crippen LogP contribution in [0, 0.1) is 6.92 Å². The fourth-order valence-electron chi connectivity index (χ4n) is 2.02. The van der Waals surface area contributed by atoms with Crippen molar-refractivity contribution in [2.45, 2.75) is 32.8 Å². The van der Waals surface area contributed by atoms with E-state index in [0.717, 1.165) is 30.4 Å². The minimum absolute atomic E-state index is 0.0955. The first-order chi connectivity index (χ1) is 8.60. The van der Waals surface area contributed by atoms with Gasteiger partial charge >= 0.3 is 0 Å². The van der Waals surface area contributed by atoms with Crippen LogP contribution in [0.3, 0.4) is 0 Å². The van der Waals surface area contributed by atoms with E-state index >= 15 is 0 Å². The normalized spacial score (nSPS) is 20.5. The van der Waals surface area contributed by atoms with Gasteiger partial charge in [-0.2, -0.15) is 0 Å². The zero-order chi connectivity index (χ0) is 13.1. The number of nitrogens with zero attached hydrogens (tertiary/aromatic N) is 3. The van der Waals surface area contributed by atoms with Gasteiger partial charge in [-0.05, 0) is 6.92 Å². The maximum absolute atomic E-state index is 5.86. The van der Waals surface area contributed by atoms with Crippen LogP contribution in [0.1, 0.15) is 31.3 Å². The third kappa shape index (κ3) is 3.12. The second kappa shape index (κ2) is 5.85. The summed E-state index contributed by atoms with van der Waals surface area (Å²) in [4.78, 5) is 11.3. The van der Waals surface area contributed by atoms with Gasteiger partial charge in [-0.3, -0.25) is 0 Å². The molecule has 0 saturated carbocycles. The summed E-state index contributed by atoms with van der Waals surface area (Å²) >= 11 is 5.86. The summed E-state index contributed by atoms with van der Waals surface area (Å²) in [5, 5.41) is 0. The fraction of sp³-hybridized carbons (Fsp3) is 0.692.